The van der Waals surface area contributed by atoms with Gasteiger partial charge < -0.3 is 35.4 Å². The Morgan fingerprint density at radius 3 is 1.26 bits per heavy atom. The van der Waals surface area contributed by atoms with Crippen LogP contribution in [0.2, 0.25) is 0 Å². The zero-order valence-electron chi connectivity index (χ0n) is 17.6. The predicted molar refractivity (Wildman–Crippen MR) is 117 cm³/mol. The number of ether oxygens (including phenoxy) is 1. The number of benzene rings is 3. The van der Waals surface area contributed by atoms with Crippen molar-refractivity contribution in [2.45, 2.75) is 0 Å². The molecule has 0 atom stereocenters. The first-order valence-electron chi connectivity index (χ1n) is 9.23. The van der Waals surface area contributed by atoms with Gasteiger partial charge in [-0.05, 0) is 54.6 Å². The molecular weight excluding hydrogens is 468 g/mol. The summed E-state index contributed by atoms with van der Waals surface area (Å²) in [5.74, 6) is -4.30. The lowest BCUT2D eigenvalue weighted by Crippen LogP contribution is -2.02. The smallest absolute Gasteiger partial charge is 0.508 e. The van der Waals surface area contributed by atoms with Gasteiger partial charge in [-0.15, -0.1) is 0 Å². The van der Waals surface area contributed by atoms with Gasteiger partial charge >= 0.3 is 30.0 Å². The van der Waals surface area contributed by atoms with Crippen LogP contribution < -0.4 is 4.74 Å². The predicted octanol–water partition coefficient (Wildman–Crippen LogP) is 3.62. The molecule has 0 saturated carbocycles. The molecule has 3 aromatic rings. The van der Waals surface area contributed by atoms with Crippen molar-refractivity contribution in [2.24, 2.45) is 0 Å². The summed E-state index contributed by atoms with van der Waals surface area (Å²) in [4.78, 5) is 51.4. The number of hydrogen-bond donors (Lipinski definition) is 6. The van der Waals surface area contributed by atoms with Crippen molar-refractivity contribution in [3.63, 3.8) is 0 Å². The molecule has 0 amide bonds. The van der Waals surface area contributed by atoms with Gasteiger partial charge in [0.2, 0.25) is 0 Å². The molecule has 12 nitrogen and oxygen atoms in total. The number of aromatic carboxylic acids is 4. The fourth-order valence-electron chi connectivity index (χ4n) is 2.19. The van der Waals surface area contributed by atoms with Crippen LogP contribution in [0.4, 0.5) is 4.79 Å². The quantitative estimate of drug-likeness (QED) is 0.225. The second-order valence-corrected chi connectivity index (χ2v) is 6.24. The summed E-state index contributed by atoms with van der Waals surface area (Å²) < 4.78 is 4.25. The van der Waals surface area contributed by atoms with Crippen LogP contribution in [0.5, 0.6) is 11.5 Å². The summed E-state index contributed by atoms with van der Waals surface area (Å²) in [7, 11) is 0. The number of phenols is 1. The highest BCUT2D eigenvalue weighted by Gasteiger charge is 2.07. The Labute approximate surface area is 196 Å². The van der Waals surface area contributed by atoms with Crippen LogP contribution in [0.1, 0.15) is 41.4 Å². The number of phenolic OH excluding ortho intramolecular Hbond substituents is 1. The van der Waals surface area contributed by atoms with E-state index in [0.29, 0.717) is 0 Å². The Morgan fingerprint density at radius 2 is 0.914 bits per heavy atom. The maximum Gasteiger partial charge on any atom is 0.511 e. The van der Waals surface area contributed by atoms with Gasteiger partial charge in [0.15, 0.2) is 0 Å². The van der Waals surface area contributed by atoms with Gasteiger partial charge in [-0.2, -0.15) is 0 Å². The molecule has 0 radical (unpaired) electrons. The lowest BCUT2D eigenvalue weighted by atomic mass is 10.1. The summed E-state index contributed by atoms with van der Waals surface area (Å²) in [6, 6.07) is 15.8. The minimum atomic E-state index is -1.39. The van der Waals surface area contributed by atoms with Crippen molar-refractivity contribution < 1.29 is 59.3 Å². The SMILES string of the molecule is O=C(O)Oc1cccc(O)c1.O=C(O)c1ccc(C(=O)O)cc1.O=C(O)c1cccc(C(=O)O)c1. The molecule has 0 aliphatic rings. The van der Waals surface area contributed by atoms with E-state index in [4.69, 9.17) is 30.6 Å². The van der Waals surface area contributed by atoms with E-state index in [1.807, 2.05) is 0 Å². The van der Waals surface area contributed by atoms with E-state index >= 15 is 0 Å². The van der Waals surface area contributed by atoms with Crippen molar-refractivity contribution in [3.8, 4) is 11.5 Å². The molecule has 0 aliphatic carbocycles. The Kier molecular flexibility index (Phi) is 10.4. The monoisotopic (exact) mass is 486 g/mol. The van der Waals surface area contributed by atoms with Crippen molar-refractivity contribution in [2.75, 3.05) is 0 Å². The maximum absolute atomic E-state index is 10.4. The van der Waals surface area contributed by atoms with E-state index in [2.05, 4.69) is 4.74 Å². The molecule has 0 spiro atoms. The lowest BCUT2D eigenvalue weighted by molar-refractivity contribution is 0.0681. The van der Waals surface area contributed by atoms with Gasteiger partial charge in [-0.25, -0.2) is 24.0 Å². The zero-order valence-corrected chi connectivity index (χ0v) is 17.6. The molecule has 3 aromatic carbocycles. The summed E-state index contributed by atoms with van der Waals surface area (Å²) in [6.45, 7) is 0. The third-order valence-electron chi connectivity index (χ3n) is 3.76. The minimum Gasteiger partial charge on any atom is -0.508 e. The fourth-order valence-corrected chi connectivity index (χ4v) is 2.19. The van der Waals surface area contributed by atoms with E-state index < -0.39 is 30.0 Å². The molecule has 0 heterocycles. The average molecular weight is 486 g/mol. The summed E-state index contributed by atoms with van der Waals surface area (Å²) in [6.07, 6.45) is -1.39. The third-order valence-corrected chi connectivity index (χ3v) is 3.76. The van der Waals surface area contributed by atoms with Crippen LogP contribution in [0.15, 0.2) is 72.8 Å². The van der Waals surface area contributed by atoms with Crippen molar-refractivity contribution >= 4 is 30.0 Å². The summed E-state index contributed by atoms with van der Waals surface area (Å²) in [5.41, 5.74) is 0.129. The molecule has 6 N–H and O–H groups in total. The van der Waals surface area contributed by atoms with E-state index in [9.17, 15) is 24.0 Å². The number of carboxylic acids is 4. The molecule has 12 heteroatoms. The summed E-state index contributed by atoms with van der Waals surface area (Å²) >= 11 is 0. The number of carbonyl (C=O) groups is 5. The van der Waals surface area contributed by atoms with Crippen LogP contribution in [-0.4, -0.2) is 60.7 Å². The Bertz CT molecular complexity index is 1150. The van der Waals surface area contributed by atoms with Crippen LogP contribution in [0.25, 0.3) is 0 Å². The standard InChI is InChI=1S/2C8H6O4.C7H6O4/c9-7(10)5-1-2-6(4-3-5)8(11)12;9-7(10)5-2-1-3-6(4-5)8(11)12;8-5-2-1-3-6(4-5)11-7(9)10/h2*1-4H,(H,9,10)(H,11,12);1-4,8H,(H,9,10). The maximum atomic E-state index is 10.4. The van der Waals surface area contributed by atoms with Gasteiger partial charge in [0.1, 0.15) is 11.5 Å². The van der Waals surface area contributed by atoms with Crippen molar-refractivity contribution in [1.82, 2.24) is 0 Å². The number of hydrogen-bond acceptors (Lipinski definition) is 7. The third kappa shape index (κ3) is 10.2. The fraction of sp³-hybridized carbons (Fsp3) is 0. The Morgan fingerprint density at radius 1 is 0.514 bits per heavy atom. The van der Waals surface area contributed by atoms with Crippen molar-refractivity contribution in [3.05, 3.63) is 95.1 Å². The first-order chi connectivity index (χ1) is 16.4. The first kappa shape index (κ1) is 27.6. The lowest BCUT2D eigenvalue weighted by Gasteiger charge is -1.98. The Hall–Kier alpha value is -5.39. The largest absolute Gasteiger partial charge is 0.511 e. The van der Waals surface area contributed by atoms with E-state index in [-0.39, 0.29) is 33.8 Å². The summed E-state index contributed by atoms with van der Waals surface area (Å²) in [5, 5.41) is 50.9. The highest BCUT2D eigenvalue weighted by Crippen LogP contribution is 2.17. The van der Waals surface area contributed by atoms with Crippen LogP contribution in [-0.2, 0) is 0 Å². The van der Waals surface area contributed by atoms with Gasteiger partial charge in [0, 0.05) is 6.07 Å². The molecule has 182 valence electrons. The topological polar surface area (TPSA) is 216 Å². The van der Waals surface area contributed by atoms with E-state index in [1.165, 1.54) is 66.7 Å². The molecule has 0 bridgehead atoms. The second-order valence-electron chi connectivity index (χ2n) is 6.24. The van der Waals surface area contributed by atoms with Crippen LogP contribution >= 0.6 is 0 Å². The number of aromatic hydroxyl groups is 1. The number of rotatable bonds is 5. The Balaban J connectivity index is 0.000000263. The normalized spacial score (nSPS) is 9.26. The van der Waals surface area contributed by atoms with Gasteiger partial charge in [-0.1, -0.05) is 12.1 Å². The molecule has 3 rings (SSSR count). The number of carboxylic acid groups (broad SMARTS) is 5. The minimum absolute atomic E-state index is 0.0186. The average Bonchev–Trinajstić information content (AvgIpc) is 2.79. The van der Waals surface area contributed by atoms with Gasteiger partial charge in [0.05, 0.1) is 22.3 Å². The molecule has 0 fully saturated rings. The molecule has 0 saturated heterocycles. The molecule has 0 unspecified atom stereocenters. The molecular formula is C23H18O12. The highest BCUT2D eigenvalue weighted by atomic mass is 16.7. The molecule has 35 heavy (non-hydrogen) atoms. The zero-order chi connectivity index (χ0) is 26.5. The first-order valence-corrected chi connectivity index (χ1v) is 9.23. The van der Waals surface area contributed by atoms with Gasteiger partial charge in [-0.3, -0.25) is 0 Å². The van der Waals surface area contributed by atoms with Crippen LogP contribution in [0, 0.1) is 0 Å². The van der Waals surface area contributed by atoms with Crippen molar-refractivity contribution in [1.29, 1.82) is 0 Å². The highest BCUT2D eigenvalue weighted by molar-refractivity contribution is 5.93. The van der Waals surface area contributed by atoms with E-state index in [1.54, 1.807) is 0 Å². The second kappa shape index (κ2) is 13.2. The molecule has 0 aliphatic heterocycles. The van der Waals surface area contributed by atoms with Crippen LogP contribution in [0.3, 0.4) is 0 Å². The van der Waals surface area contributed by atoms with Gasteiger partial charge in [0.25, 0.3) is 0 Å². The van der Waals surface area contributed by atoms with E-state index in [0.717, 1.165) is 6.07 Å². The molecule has 0 aromatic heterocycles.